The minimum atomic E-state index is -3.62. The van der Waals surface area contributed by atoms with Crippen LogP contribution in [0.15, 0.2) is 0 Å². The van der Waals surface area contributed by atoms with Crippen LogP contribution in [-0.4, -0.2) is 44.9 Å². The van der Waals surface area contributed by atoms with Gasteiger partial charge in [-0.3, -0.25) is 4.79 Å². The second-order valence-electron chi connectivity index (χ2n) is 5.45. The summed E-state index contributed by atoms with van der Waals surface area (Å²) in [5.74, 6) is -0.164. The molecule has 0 aromatic carbocycles. The number of rotatable bonds is 5. The average molecular weight is 292 g/mol. The van der Waals surface area contributed by atoms with E-state index in [1.165, 1.54) is 11.4 Å². The maximum absolute atomic E-state index is 12.2. The average Bonchev–Trinajstić information content (AvgIpc) is 2.35. The molecule has 1 saturated heterocycles. The highest BCUT2D eigenvalue weighted by Gasteiger charge is 2.33. The summed E-state index contributed by atoms with van der Waals surface area (Å²) in [6.45, 7) is 6.68. The largest absolute Gasteiger partial charge is 0.468 e. The molecule has 1 aliphatic rings. The van der Waals surface area contributed by atoms with E-state index in [9.17, 15) is 13.2 Å². The number of carbonyl (C=O) groups is 1. The van der Waals surface area contributed by atoms with Gasteiger partial charge in [-0.15, -0.1) is 0 Å². The van der Waals surface area contributed by atoms with E-state index in [1.54, 1.807) is 13.8 Å². The summed E-state index contributed by atoms with van der Waals surface area (Å²) in [7, 11) is -2.37. The first-order valence-electron chi connectivity index (χ1n) is 6.63. The number of nitrogens with zero attached hydrogens (tertiary/aromatic N) is 1. The van der Waals surface area contributed by atoms with E-state index in [0.717, 1.165) is 12.8 Å². The molecule has 0 aliphatic carbocycles. The third kappa shape index (κ3) is 4.43. The van der Waals surface area contributed by atoms with Gasteiger partial charge in [0.1, 0.15) is 6.04 Å². The normalized spacial score (nSPS) is 20.5. The van der Waals surface area contributed by atoms with Gasteiger partial charge in [-0.05, 0) is 24.7 Å². The van der Waals surface area contributed by atoms with Crippen LogP contribution in [0.4, 0.5) is 0 Å². The molecule has 0 radical (unpaired) electrons. The summed E-state index contributed by atoms with van der Waals surface area (Å²) in [5, 5.41) is 0. The van der Waals surface area contributed by atoms with Crippen molar-refractivity contribution < 1.29 is 17.9 Å². The lowest BCUT2D eigenvalue weighted by Gasteiger charge is -2.31. The highest BCUT2D eigenvalue weighted by Crippen LogP contribution is 2.18. The molecule has 0 aromatic rings. The van der Waals surface area contributed by atoms with Crippen LogP contribution in [0.25, 0.3) is 0 Å². The highest BCUT2D eigenvalue weighted by atomic mass is 32.2. The SMILES string of the molecule is COC(=O)C(NS(=O)(=O)N1CCC(C)CC1)C(C)C. The van der Waals surface area contributed by atoms with Crippen molar-refractivity contribution in [2.75, 3.05) is 20.2 Å². The molecule has 1 aliphatic heterocycles. The van der Waals surface area contributed by atoms with E-state index in [1.807, 2.05) is 0 Å². The number of methoxy groups -OCH3 is 1. The van der Waals surface area contributed by atoms with Gasteiger partial charge in [0.25, 0.3) is 10.2 Å². The minimum absolute atomic E-state index is 0.161. The van der Waals surface area contributed by atoms with Crippen LogP contribution in [0.5, 0.6) is 0 Å². The number of nitrogens with one attached hydrogen (secondary N) is 1. The van der Waals surface area contributed by atoms with Crippen molar-refractivity contribution in [1.82, 2.24) is 9.03 Å². The molecule has 1 atom stereocenters. The van der Waals surface area contributed by atoms with Crippen LogP contribution < -0.4 is 4.72 Å². The summed E-state index contributed by atoms with van der Waals surface area (Å²) in [5.41, 5.74) is 0. The zero-order valence-electron chi connectivity index (χ0n) is 12.0. The van der Waals surface area contributed by atoms with Gasteiger partial charge >= 0.3 is 5.97 Å². The molecule has 6 nitrogen and oxygen atoms in total. The summed E-state index contributed by atoms with van der Waals surface area (Å²) >= 11 is 0. The Hall–Kier alpha value is -0.660. The Bertz CT molecular complexity index is 400. The van der Waals surface area contributed by atoms with E-state index in [2.05, 4.69) is 16.4 Å². The zero-order chi connectivity index (χ0) is 14.6. The lowest BCUT2D eigenvalue weighted by molar-refractivity contribution is -0.143. The monoisotopic (exact) mass is 292 g/mol. The maximum atomic E-state index is 12.2. The number of piperidine rings is 1. The first-order chi connectivity index (χ1) is 8.77. The number of hydrogen-bond donors (Lipinski definition) is 1. The minimum Gasteiger partial charge on any atom is -0.468 e. The molecule has 1 fully saturated rings. The second-order valence-corrected chi connectivity index (χ2v) is 7.15. The molecule has 0 bridgehead atoms. The Morgan fingerprint density at radius 1 is 1.32 bits per heavy atom. The Labute approximate surface area is 115 Å². The Kier molecular flexibility index (Phi) is 5.76. The van der Waals surface area contributed by atoms with E-state index in [0.29, 0.717) is 19.0 Å². The van der Waals surface area contributed by atoms with Crippen molar-refractivity contribution in [3.63, 3.8) is 0 Å². The third-order valence-electron chi connectivity index (χ3n) is 3.48. The third-order valence-corrected chi connectivity index (χ3v) is 5.08. The number of esters is 1. The van der Waals surface area contributed by atoms with Crippen molar-refractivity contribution >= 4 is 16.2 Å². The van der Waals surface area contributed by atoms with Crippen molar-refractivity contribution in [3.8, 4) is 0 Å². The van der Waals surface area contributed by atoms with Crippen LogP contribution in [0.1, 0.15) is 33.6 Å². The van der Waals surface area contributed by atoms with Crippen LogP contribution in [0.2, 0.25) is 0 Å². The van der Waals surface area contributed by atoms with Gasteiger partial charge in [-0.2, -0.15) is 17.4 Å². The van der Waals surface area contributed by atoms with Crippen molar-refractivity contribution in [2.45, 2.75) is 39.7 Å². The summed E-state index contributed by atoms with van der Waals surface area (Å²) in [4.78, 5) is 11.6. The first-order valence-corrected chi connectivity index (χ1v) is 8.07. The molecule has 0 spiro atoms. The molecule has 112 valence electrons. The zero-order valence-corrected chi connectivity index (χ0v) is 12.9. The van der Waals surface area contributed by atoms with Crippen molar-refractivity contribution in [1.29, 1.82) is 0 Å². The van der Waals surface area contributed by atoms with Crippen molar-refractivity contribution in [2.24, 2.45) is 11.8 Å². The van der Waals surface area contributed by atoms with E-state index in [4.69, 9.17) is 0 Å². The van der Waals surface area contributed by atoms with Gasteiger partial charge in [-0.25, -0.2) is 0 Å². The predicted octanol–water partition coefficient (Wildman–Crippen LogP) is 0.750. The van der Waals surface area contributed by atoms with Gasteiger partial charge in [0.15, 0.2) is 0 Å². The van der Waals surface area contributed by atoms with E-state index in [-0.39, 0.29) is 5.92 Å². The fourth-order valence-corrected chi connectivity index (χ4v) is 3.57. The standard InChI is InChI=1S/C12H24N2O4S/c1-9(2)11(12(15)18-4)13-19(16,17)14-7-5-10(3)6-8-14/h9-11,13H,5-8H2,1-4H3. The van der Waals surface area contributed by atoms with Crippen molar-refractivity contribution in [3.05, 3.63) is 0 Å². The summed E-state index contributed by atoms with van der Waals surface area (Å²) in [6.07, 6.45) is 1.71. The Balaban J connectivity index is 2.74. The molecule has 19 heavy (non-hydrogen) atoms. The molecule has 1 N–H and O–H groups in total. The smallest absolute Gasteiger partial charge is 0.324 e. The molecular formula is C12H24N2O4S. The van der Waals surface area contributed by atoms with Gasteiger partial charge in [-0.1, -0.05) is 20.8 Å². The predicted molar refractivity (Wildman–Crippen MR) is 72.7 cm³/mol. The number of hydrogen-bond acceptors (Lipinski definition) is 4. The lowest BCUT2D eigenvalue weighted by Crippen LogP contribution is -2.52. The summed E-state index contributed by atoms with van der Waals surface area (Å²) < 4.78 is 33.0. The molecule has 0 saturated carbocycles. The molecule has 1 rings (SSSR count). The number of ether oxygens (including phenoxy) is 1. The molecule has 1 unspecified atom stereocenters. The topological polar surface area (TPSA) is 75.7 Å². The quantitative estimate of drug-likeness (QED) is 0.759. The fourth-order valence-electron chi connectivity index (χ4n) is 2.04. The van der Waals surface area contributed by atoms with Gasteiger partial charge < -0.3 is 4.74 Å². The highest BCUT2D eigenvalue weighted by molar-refractivity contribution is 7.87. The van der Waals surface area contributed by atoms with Gasteiger partial charge in [0, 0.05) is 13.1 Å². The van der Waals surface area contributed by atoms with Gasteiger partial charge in [0.2, 0.25) is 0 Å². The summed E-state index contributed by atoms with van der Waals surface area (Å²) in [6, 6.07) is -0.839. The van der Waals surface area contributed by atoms with E-state index < -0.39 is 22.2 Å². The maximum Gasteiger partial charge on any atom is 0.324 e. The van der Waals surface area contributed by atoms with E-state index >= 15 is 0 Å². The van der Waals surface area contributed by atoms with Crippen LogP contribution in [0.3, 0.4) is 0 Å². The fraction of sp³-hybridized carbons (Fsp3) is 0.917. The number of carbonyl (C=O) groups excluding carboxylic acids is 1. The van der Waals surface area contributed by atoms with Crippen LogP contribution in [-0.2, 0) is 19.7 Å². The lowest BCUT2D eigenvalue weighted by atomic mass is 10.0. The van der Waals surface area contributed by atoms with Crippen LogP contribution in [0, 0.1) is 11.8 Å². The first kappa shape index (κ1) is 16.4. The Morgan fingerprint density at radius 3 is 2.26 bits per heavy atom. The molecule has 7 heteroatoms. The second kappa shape index (κ2) is 6.67. The molecule has 0 amide bonds. The Morgan fingerprint density at radius 2 is 1.84 bits per heavy atom. The molecular weight excluding hydrogens is 268 g/mol. The van der Waals surface area contributed by atoms with Gasteiger partial charge in [0.05, 0.1) is 7.11 Å². The molecule has 0 aromatic heterocycles. The molecule has 1 heterocycles. The van der Waals surface area contributed by atoms with Crippen LogP contribution >= 0.6 is 0 Å².